The molecule has 1 aromatic rings. The van der Waals surface area contributed by atoms with Gasteiger partial charge in [-0.05, 0) is 44.1 Å². The van der Waals surface area contributed by atoms with Gasteiger partial charge in [0.2, 0.25) is 0 Å². The first-order chi connectivity index (χ1) is 11.8. The molecule has 2 N–H and O–H groups in total. The predicted octanol–water partition coefficient (Wildman–Crippen LogP) is 3.16. The Hall–Kier alpha value is -2.15. The van der Waals surface area contributed by atoms with Crippen molar-refractivity contribution < 1.29 is 14.8 Å². The van der Waals surface area contributed by atoms with Gasteiger partial charge >= 0.3 is 6.03 Å². The first-order valence-electron chi connectivity index (χ1n) is 8.73. The van der Waals surface area contributed by atoms with Crippen molar-refractivity contribution in [2.45, 2.75) is 46.1 Å². The van der Waals surface area contributed by atoms with Crippen LogP contribution in [0.2, 0.25) is 0 Å². The highest BCUT2D eigenvalue weighted by atomic mass is 16.6. The molecular weight excluding hydrogens is 322 g/mol. The molecule has 7 heteroatoms. The Kier molecular flexibility index (Phi) is 6.00. The van der Waals surface area contributed by atoms with Crippen LogP contribution in [0.3, 0.4) is 0 Å². The Labute approximate surface area is 148 Å². The topological polar surface area (TPSA) is 95.7 Å². The molecule has 1 atom stereocenters. The van der Waals surface area contributed by atoms with Gasteiger partial charge in [-0.25, -0.2) is 4.79 Å². The SMILES string of the molecule is CCC1(CO)CCN(C(=O)NC(C)c2ccc(C)c([N+](=O)[O-])c2)CC1. The monoisotopic (exact) mass is 349 g/mol. The van der Waals surface area contributed by atoms with Gasteiger partial charge in [-0.3, -0.25) is 10.1 Å². The van der Waals surface area contributed by atoms with Crippen LogP contribution < -0.4 is 5.32 Å². The molecule has 25 heavy (non-hydrogen) atoms. The van der Waals surface area contributed by atoms with Crippen LogP contribution >= 0.6 is 0 Å². The van der Waals surface area contributed by atoms with E-state index < -0.39 is 4.92 Å². The number of nitrogens with one attached hydrogen (secondary N) is 1. The summed E-state index contributed by atoms with van der Waals surface area (Å²) in [4.78, 5) is 24.9. The van der Waals surface area contributed by atoms with E-state index in [4.69, 9.17) is 0 Å². The van der Waals surface area contributed by atoms with Gasteiger partial charge in [0.15, 0.2) is 0 Å². The van der Waals surface area contributed by atoms with Crippen molar-refractivity contribution in [2.75, 3.05) is 19.7 Å². The Morgan fingerprint density at radius 3 is 2.60 bits per heavy atom. The minimum Gasteiger partial charge on any atom is -0.396 e. The summed E-state index contributed by atoms with van der Waals surface area (Å²) in [5.41, 5.74) is 1.30. The fraction of sp³-hybridized carbons (Fsp3) is 0.611. The second kappa shape index (κ2) is 7.82. The number of urea groups is 1. The van der Waals surface area contributed by atoms with Crippen molar-refractivity contribution in [1.29, 1.82) is 0 Å². The standard InChI is InChI=1S/C18H27N3O4/c1-4-18(12-22)7-9-20(10-8-18)17(23)19-14(3)15-6-5-13(2)16(11-15)21(24)25/h5-6,11,14,22H,4,7-10,12H2,1-3H3,(H,19,23). The summed E-state index contributed by atoms with van der Waals surface area (Å²) in [6.45, 7) is 6.96. The number of nitro benzene ring substituents is 1. The third-order valence-electron chi connectivity index (χ3n) is 5.47. The van der Waals surface area contributed by atoms with E-state index in [0.717, 1.165) is 19.3 Å². The van der Waals surface area contributed by atoms with E-state index in [-0.39, 0.29) is 29.8 Å². The van der Waals surface area contributed by atoms with Gasteiger partial charge in [0.25, 0.3) is 5.69 Å². The zero-order valence-electron chi connectivity index (χ0n) is 15.1. The second-order valence-electron chi connectivity index (χ2n) is 6.97. The highest BCUT2D eigenvalue weighted by Gasteiger charge is 2.34. The summed E-state index contributed by atoms with van der Waals surface area (Å²) in [6.07, 6.45) is 2.48. The summed E-state index contributed by atoms with van der Waals surface area (Å²) < 4.78 is 0. The Morgan fingerprint density at radius 1 is 1.44 bits per heavy atom. The number of aliphatic hydroxyl groups excluding tert-OH is 1. The largest absolute Gasteiger partial charge is 0.396 e. The Bertz CT molecular complexity index is 633. The number of benzene rings is 1. The average Bonchev–Trinajstić information content (AvgIpc) is 2.61. The molecular formula is C18H27N3O4. The second-order valence-corrected chi connectivity index (χ2v) is 6.97. The van der Waals surface area contributed by atoms with Gasteiger partial charge in [0, 0.05) is 31.3 Å². The summed E-state index contributed by atoms with van der Waals surface area (Å²) in [5.74, 6) is 0. The highest BCUT2D eigenvalue weighted by molar-refractivity contribution is 5.74. The van der Waals surface area contributed by atoms with Crippen molar-refractivity contribution in [3.63, 3.8) is 0 Å². The molecule has 1 aliphatic heterocycles. The lowest BCUT2D eigenvalue weighted by molar-refractivity contribution is -0.385. The predicted molar refractivity (Wildman–Crippen MR) is 95.4 cm³/mol. The van der Waals surface area contributed by atoms with Gasteiger partial charge in [-0.15, -0.1) is 0 Å². The lowest BCUT2D eigenvalue weighted by atomic mass is 9.77. The third-order valence-corrected chi connectivity index (χ3v) is 5.47. The van der Waals surface area contributed by atoms with Crippen LogP contribution in [0.1, 0.15) is 50.3 Å². The number of likely N-dealkylation sites (tertiary alicyclic amines) is 1. The zero-order chi connectivity index (χ0) is 18.6. The number of hydrogen-bond donors (Lipinski definition) is 2. The minimum absolute atomic E-state index is 0.0623. The molecule has 0 aromatic heterocycles. The Morgan fingerprint density at radius 2 is 2.08 bits per heavy atom. The first kappa shape index (κ1) is 19.2. The summed E-state index contributed by atoms with van der Waals surface area (Å²) in [6, 6.07) is 4.54. The number of aliphatic hydroxyl groups is 1. The Balaban J connectivity index is 1.99. The number of amides is 2. The van der Waals surface area contributed by atoms with Crippen LogP contribution in [-0.2, 0) is 0 Å². The number of carbonyl (C=O) groups excluding carboxylic acids is 1. The lowest BCUT2D eigenvalue weighted by Crippen LogP contribution is -2.48. The molecule has 1 aromatic carbocycles. The first-order valence-corrected chi connectivity index (χ1v) is 8.73. The number of nitrogens with zero attached hydrogens (tertiary/aromatic N) is 2. The van der Waals surface area contributed by atoms with Gasteiger partial charge < -0.3 is 15.3 Å². The van der Waals surface area contributed by atoms with Gasteiger partial charge in [0.1, 0.15) is 0 Å². The van der Waals surface area contributed by atoms with E-state index in [1.807, 2.05) is 6.92 Å². The molecule has 1 heterocycles. The summed E-state index contributed by atoms with van der Waals surface area (Å²) in [7, 11) is 0. The maximum atomic E-state index is 12.5. The van der Waals surface area contributed by atoms with E-state index in [1.165, 1.54) is 6.07 Å². The number of piperidine rings is 1. The molecule has 2 rings (SSSR count). The summed E-state index contributed by atoms with van der Waals surface area (Å²) >= 11 is 0. The molecule has 0 aliphatic carbocycles. The number of nitro groups is 1. The molecule has 0 spiro atoms. The number of carbonyl (C=O) groups is 1. The average molecular weight is 349 g/mol. The molecule has 7 nitrogen and oxygen atoms in total. The van der Waals surface area contributed by atoms with Crippen LogP contribution in [0.25, 0.3) is 0 Å². The quantitative estimate of drug-likeness (QED) is 0.630. The third kappa shape index (κ3) is 4.28. The highest BCUT2D eigenvalue weighted by Crippen LogP contribution is 2.34. The van der Waals surface area contributed by atoms with Crippen LogP contribution in [0.5, 0.6) is 0 Å². The molecule has 138 valence electrons. The van der Waals surface area contributed by atoms with E-state index >= 15 is 0 Å². The van der Waals surface area contributed by atoms with Crippen LogP contribution in [-0.4, -0.2) is 40.7 Å². The van der Waals surface area contributed by atoms with Crippen molar-refractivity contribution in [1.82, 2.24) is 10.2 Å². The number of rotatable bonds is 5. The fourth-order valence-corrected chi connectivity index (χ4v) is 3.26. The van der Waals surface area contributed by atoms with Gasteiger partial charge in [0.05, 0.1) is 11.0 Å². The van der Waals surface area contributed by atoms with Gasteiger partial charge in [-0.1, -0.05) is 19.1 Å². The van der Waals surface area contributed by atoms with E-state index in [2.05, 4.69) is 12.2 Å². The molecule has 0 saturated carbocycles. The fourth-order valence-electron chi connectivity index (χ4n) is 3.26. The molecule has 2 amide bonds. The smallest absolute Gasteiger partial charge is 0.317 e. The zero-order valence-corrected chi connectivity index (χ0v) is 15.1. The molecule has 1 aliphatic rings. The molecule has 1 fully saturated rings. The molecule has 0 radical (unpaired) electrons. The van der Waals surface area contributed by atoms with Crippen LogP contribution in [0, 0.1) is 22.5 Å². The van der Waals surface area contributed by atoms with Crippen molar-refractivity contribution in [2.24, 2.45) is 5.41 Å². The van der Waals surface area contributed by atoms with E-state index in [9.17, 15) is 20.0 Å². The van der Waals surface area contributed by atoms with Crippen LogP contribution in [0.4, 0.5) is 10.5 Å². The molecule has 1 unspecified atom stereocenters. The van der Waals surface area contributed by atoms with Crippen molar-refractivity contribution in [3.8, 4) is 0 Å². The summed E-state index contributed by atoms with van der Waals surface area (Å²) in [5, 5.41) is 23.6. The van der Waals surface area contributed by atoms with Crippen LogP contribution in [0.15, 0.2) is 18.2 Å². The molecule has 1 saturated heterocycles. The van der Waals surface area contributed by atoms with E-state index in [1.54, 1.807) is 24.0 Å². The maximum absolute atomic E-state index is 12.5. The van der Waals surface area contributed by atoms with Gasteiger partial charge in [-0.2, -0.15) is 0 Å². The maximum Gasteiger partial charge on any atom is 0.317 e. The number of aryl methyl sites for hydroxylation is 1. The minimum atomic E-state index is -0.406. The lowest BCUT2D eigenvalue weighted by Gasteiger charge is -2.40. The van der Waals surface area contributed by atoms with Crippen molar-refractivity contribution in [3.05, 3.63) is 39.4 Å². The van der Waals surface area contributed by atoms with E-state index in [0.29, 0.717) is 24.2 Å². The normalized spacial score (nSPS) is 17.8. The number of hydrogen-bond acceptors (Lipinski definition) is 4. The van der Waals surface area contributed by atoms with Crippen molar-refractivity contribution >= 4 is 11.7 Å². The molecule has 0 bridgehead atoms.